The molecule has 9 aromatic rings. The molecule has 0 atom stereocenters. The Balaban J connectivity index is 1.22. The van der Waals surface area contributed by atoms with Crippen LogP contribution >= 0.6 is 0 Å². The Morgan fingerprint density at radius 3 is 1.71 bits per heavy atom. The second kappa shape index (κ2) is 10.2. The number of nitrogens with zero attached hydrogens (tertiary/aromatic N) is 5. The monoisotopic (exact) mass is 575 g/mol. The number of benzene rings is 6. The number of rotatable bonds is 4. The zero-order valence-electron chi connectivity index (χ0n) is 24.2. The molecular formula is C40H25N5. The van der Waals surface area contributed by atoms with Crippen molar-refractivity contribution in [2.75, 3.05) is 0 Å². The number of para-hydroxylation sites is 2. The summed E-state index contributed by atoms with van der Waals surface area (Å²) in [5.74, 6) is 1.96. The molecule has 0 bridgehead atoms. The van der Waals surface area contributed by atoms with Gasteiger partial charge in [-0.05, 0) is 69.8 Å². The number of hydrogen-bond donors (Lipinski definition) is 0. The van der Waals surface area contributed by atoms with Gasteiger partial charge in [0.1, 0.15) is 5.65 Å². The molecule has 6 aromatic carbocycles. The van der Waals surface area contributed by atoms with E-state index in [0.29, 0.717) is 17.5 Å². The van der Waals surface area contributed by atoms with Gasteiger partial charge in [-0.2, -0.15) is 0 Å². The number of aromatic nitrogens is 5. The summed E-state index contributed by atoms with van der Waals surface area (Å²) in [7, 11) is 0. The van der Waals surface area contributed by atoms with Crippen molar-refractivity contribution >= 4 is 38.4 Å². The van der Waals surface area contributed by atoms with Crippen LogP contribution in [0.2, 0.25) is 0 Å². The summed E-state index contributed by atoms with van der Waals surface area (Å²) >= 11 is 0. The van der Waals surface area contributed by atoms with Gasteiger partial charge in [-0.3, -0.25) is 4.40 Å². The Bertz CT molecular complexity index is 2480. The van der Waals surface area contributed by atoms with Gasteiger partial charge in [-0.15, -0.1) is 0 Å². The maximum atomic E-state index is 5.01. The first-order valence-corrected chi connectivity index (χ1v) is 15.0. The van der Waals surface area contributed by atoms with E-state index in [4.69, 9.17) is 19.9 Å². The number of hydrogen-bond acceptors (Lipinski definition) is 4. The Morgan fingerprint density at radius 1 is 0.378 bits per heavy atom. The van der Waals surface area contributed by atoms with Crippen LogP contribution in [0.3, 0.4) is 0 Å². The lowest BCUT2D eigenvalue weighted by Gasteiger charge is -2.14. The molecule has 0 aliphatic rings. The first-order valence-electron chi connectivity index (χ1n) is 15.0. The van der Waals surface area contributed by atoms with Gasteiger partial charge in [-0.25, -0.2) is 19.9 Å². The van der Waals surface area contributed by atoms with Gasteiger partial charge in [0, 0.05) is 16.7 Å². The molecule has 210 valence electrons. The highest BCUT2D eigenvalue weighted by Crippen LogP contribution is 2.37. The average molecular weight is 576 g/mol. The van der Waals surface area contributed by atoms with Gasteiger partial charge in [0.25, 0.3) is 0 Å². The summed E-state index contributed by atoms with van der Waals surface area (Å²) in [6.07, 6.45) is 0. The molecule has 0 spiro atoms. The zero-order chi connectivity index (χ0) is 29.7. The van der Waals surface area contributed by atoms with Crippen LogP contribution in [0.5, 0.6) is 0 Å². The lowest BCUT2D eigenvalue weighted by molar-refractivity contribution is 1.08. The standard InChI is InChI=1S/C40H25N5/c1-3-11-26(12-4-1)38-42-39(27-13-5-2-6-14-27)44-40(43-38)33-22-21-30(31-15-7-8-16-32(31)33)28-19-23-35-29(25-28)20-24-37-41-34-17-9-10-18-36(34)45(35)37/h1-25H. The average Bonchev–Trinajstić information content (AvgIpc) is 3.51. The molecule has 5 nitrogen and oxygen atoms in total. The van der Waals surface area contributed by atoms with Crippen molar-refractivity contribution in [3.63, 3.8) is 0 Å². The highest BCUT2D eigenvalue weighted by Gasteiger charge is 2.16. The molecule has 0 aliphatic carbocycles. The molecule has 0 amide bonds. The first kappa shape index (κ1) is 25.3. The Kier molecular flexibility index (Phi) is 5.74. The Labute approximate surface area is 259 Å². The van der Waals surface area contributed by atoms with Crippen LogP contribution in [0.15, 0.2) is 152 Å². The molecule has 0 saturated carbocycles. The van der Waals surface area contributed by atoms with Gasteiger partial charge in [0.15, 0.2) is 17.5 Å². The minimum absolute atomic E-state index is 0.651. The molecule has 0 aliphatic heterocycles. The first-order chi connectivity index (χ1) is 22.3. The summed E-state index contributed by atoms with van der Waals surface area (Å²) in [6.45, 7) is 0. The predicted molar refractivity (Wildman–Crippen MR) is 183 cm³/mol. The molecule has 0 unspecified atom stereocenters. The fourth-order valence-corrected chi connectivity index (χ4v) is 6.31. The topological polar surface area (TPSA) is 56.0 Å². The van der Waals surface area contributed by atoms with Crippen LogP contribution in [0.1, 0.15) is 0 Å². The normalized spacial score (nSPS) is 11.6. The van der Waals surface area contributed by atoms with Crippen LogP contribution in [-0.2, 0) is 0 Å². The molecule has 3 heterocycles. The van der Waals surface area contributed by atoms with Crippen LogP contribution < -0.4 is 0 Å². The quantitative estimate of drug-likeness (QED) is 0.210. The summed E-state index contributed by atoms with van der Waals surface area (Å²) in [4.78, 5) is 19.7. The lowest BCUT2D eigenvalue weighted by atomic mass is 9.94. The second-order valence-electron chi connectivity index (χ2n) is 11.1. The second-order valence-corrected chi connectivity index (χ2v) is 11.1. The van der Waals surface area contributed by atoms with Crippen LogP contribution in [0.4, 0.5) is 0 Å². The fraction of sp³-hybridized carbons (Fsp3) is 0. The van der Waals surface area contributed by atoms with E-state index < -0.39 is 0 Å². The van der Waals surface area contributed by atoms with Crippen molar-refractivity contribution < 1.29 is 0 Å². The predicted octanol–water partition coefficient (Wildman–Crippen LogP) is 9.65. The van der Waals surface area contributed by atoms with Gasteiger partial charge < -0.3 is 0 Å². The van der Waals surface area contributed by atoms with E-state index in [9.17, 15) is 0 Å². The van der Waals surface area contributed by atoms with Gasteiger partial charge in [0.05, 0.1) is 16.6 Å². The molecule has 9 rings (SSSR count). The largest absolute Gasteiger partial charge is 0.292 e. The van der Waals surface area contributed by atoms with Crippen LogP contribution in [0, 0.1) is 0 Å². The van der Waals surface area contributed by atoms with Crippen molar-refractivity contribution in [1.29, 1.82) is 0 Å². The molecular weight excluding hydrogens is 550 g/mol. The molecule has 0 radical (unpaired) electrons. The third-order valence-electron chi connectivity index (χ3n) is 8.44. The maximum absolute atomic E-state index is 5.01. The molecule has 0 saturated heterocycles. The van der Waals surface area contributed by atoms with E-state index in [2.05, 4.69) is 89.3 Å². The summed E-state index contributed by atoms with van der Waals surface area (Å²) < 4.78 is 2.24. The smallest absolute Gasteiger partial charge is 0.164 e. The molecule has 45 heavy (non-hydrogen) atoms. The molecule has 0 N–H and O–H groups in total. The van der Waals surface area contributed by atoms with Gasteiger partial charge in [-0.1, -0.05) is 109 Å². The number of fused-ring (bicyclic) bond motifs is 6. The SMILES string of the molecule is c1ccc(-c2nc(-c3ccccc3)nc(-c3ccc(-c4ccc5c(ccc6nc7ccccc7n65)c4)c4ccccc34)n2)cc1. The van der Waals surface area contributed by atoms with Crippen molar-refractivity contribution in [3.05, 3.63) is 152 Å². The van der Waals surface area contributed by atoms with Crippen molar-refractivity contribution in [2.45, 2.75) is 0 Å². The van der Waals surface area contributed by atoms with Crippen molar-refractivity contribution in [3.8, 4) is 45.3 Å². The Morgan fingerprint density at radius 2 is 0.978 bits per heavy atom. The van der Waals surface area contributed by atoms with Crippen molar-refractivity contribution in [1.82, 2.24) is 24.3 Å². The minimum Gasteiger partial charge on any atom is -0.292 e. The minimum atomic E-state index is 0.651. The third-order valence-corrected chi connectivity index (χ3v) is 8.44. The maximum Gasteiger partial charge on any atom is 0.164 e. The Hall–Kier alpha value is -6.20. The van der Waals surface area contributed by atoms with Gasteiger partial charge in [0.2, 0.25) is 0 Å². The summed E-state index contributed by atoms with van der Waals surface area (Å²) in [6, 6.07) is 52.3. The zero-order valence-corrected chi connectivity index (χ0v) is 24.2. The summed E-state index contributed by atoms with van der Waals surface area (Å²) in [5, 5.41) is 3.40. The fourth-order valence-electron chi connectivity index (χ4n) is 6.31. The van der Waals surface area contributed by atoms with E-state index >= 15 is 0 Å². The van der Waals surface area contributed by atoms with E-state index in [1.165, 1.54) is 0 Å². The van der Waals surface area contributed by atoms with Crippen LogP contribution in [-0.4, -0.2) is 24.3 Å². The van der Waals surface area contributed by atoms with Crippen molar-refractivity contribution in [2.24, 2.45) is 0 Å². The number of pyridine rings is 1. The molecule has 0 fully saturated rings. The molecule has 3 aromatic heterocycles. The van der Waals surface area contributed by atoms with E-state index in [-0.39, 0.29) is 0 Å². The van der Waals surface area contributed by atoms with E-state index in [1.807, 2.05) is 66.7 Å². The van der Waals surface area contributed by atoms with E-state index in [0.717, 1.165) is 66.2 Å². The highest BCUT2D eigenvalue weighted by atomic mass is 15.0. The molecule has 5 heteroatoms. The third kappa shape index (κ3) is 4.25. The highest BCUT2D eigenvalue weighted by molar-refractivity contribution is 6.05. The number of imidazole rings is 1. The van der Waals surface area contributed by atoms with E-state index in [1.54, 1.807) is 0 Å². The summed E-state index contributed by atoms with van der Waals surface area (Å²) in [5.41, 5.74) is 9.39. The van der Waals surface area contributed by atoms with Gasteiger partial charge >= 0.3 is 0 Å². The lowest BCUT2D eigenvalue weighted by Crippen LogP contribution is -2.00. The van der Waals surface area contributed by atoms with Crippen LogP contribution in [0.25, 0.3) is 83.6 Å².